The fraction of sp³-hybridized carbons (Fsp3) is 0. The molecule has 3 heteroatoms. The average molecular weight is 565 g/mol. The van der Waals surface area contributed by atoms with Crippen LogP contribution in [0.1, 0.15) is 0 Å². The lowest BCUT2D eigenvalue weighted by atomic mass is 9.97. The maximum absolute atomic E-state index is 6.32. The molecule has 0 aliphatic heterocycles. The SMILES string of the molecule is c1ccc(-c2nc3cccc(-c4ccc(N(c5ccccc5)c5cccc(-c6cccc7ccccc67)c5)cc4)c3o2)cc1. The van der Waals surface area contributed by atoms with Crippen molar-refractivity contribution in [3.63, 3.8) is 0 Å². The molecule has 208 valence electrons. The molecule has 3 nitrogen and oxygen atoms in total. The fourth-order valence-electron chi connectivity index (χ4n) is 5.98. The highest BCUT2D eigenvalue weighted by Gasteiger charge is 2.16. The van der Waals surface area contributed by atoms with Gasteiger partial charge < -0.3 is 9.32 Å². The van der Waals surface area contributed by atoms with Crippen LogP contribution in [0.2, 0.25) is 0 Å². The smallest absolute Gasteiger partial charge is 0.227 e. The number of hydrogen-bond donors (Lipinski definition) is 0. The molecule has 0 saturated carbocycles. The number of oxazole rings is 1. The molecule has 44 heavy (non-hydrogen) atoms. The van der Waals surface area contributed by atoms with Crippen LogP contribution < -0.4 is 4.90 Å². The van der Waals surface area contributed by atoms with E-state index in [0.29, 0.717) is 5.89 Å². The third-order valence-electron chi connectivity index (χ3n) is 8.09. The van der Waals surface area contributed by atoms with Crippen LogP contribution in [0.25, 0.3) is 55.6 Å². The topological polar surface area (TPSA) is 29.3 Å². The molecule has 8 aromatic rings. The molecular weight excluding hydrogens is 536 g/mol. The summed E-state index contributed by atoms with van der Waals surface area (Å²) in [5, 5.41) is 2.49. The highest BCUT2D eigenvalue weighted by Crippen LogP contribution is 2.39. The molecule has 0 unspecified atom stereocenters. The van der Waals surface area contributed by atoms with Crippen LogP contribution >= 0.6 is 0 Å². The second kappa shape index (κ2) is 11.0. The maximum atomic E-state index is 6.32. The number of anilines is 3. The third-order valence-corrected chi connectivity index (χ3v) is 8.09. The van der Waals surface area contributed by atoms with Crippen LogP contribution in [-0.4, -0.2) is 4.98 Å². The predicted molar refractivity (Wildman–Crippen MR) is 183 cm³/mol. The van der Waals surface area contributed by atoms with Crippen molar-refractivity contribution in [2.75, 3.05) is 4.90 Å². The van der Waals surface area contributed by atoms with Gasteiger partial charge in [-0.1, -0.05) is 115 Å². The minimum Gasteiger partial charge on any atom is -0.435 e. The van der Waals surface area contributed by atoms with Gasteiger partial charge in [0, 0.05) is 28.2 Å². The minimum atomic E-state index is 0.631. The van der Waals surface area contributed by atoms with Gasteiger partial charge in [0.05, 0.1) is 0 Å². The standard InChI is InChI=1S/C41H28N2O/c1-3-13-31(14-4-1)41-42-39-23-11-22-38(40(39)44-41)30-24-26-34(27-25-30)43(33-17-5-2-6-18-33)35-19-9-16-32(28-35)37-21-10-15-29-12-7-8-20-36(29)37/h1-28H. The van der Waals surface area contributed by atoms with Gasteiger partial charge in [0.25, 0.3) is 0 Å². The molecule has 0 aliphatic carbocycles. The van der Waals surface area contributed by atoms with E-state index in [1.54, 1.807) is 0 Å². The van der Waals surface area contributed by atoms with E-state index < -0.39 is 0 Å². The normalized spacial score (nSPS) is 11.2. The Hall–Kier alpha value is -5.93. The van der Waals surface area contributed by atoms with E-state index >= 15 is 0 Å². The molecule has 0 radical (unpaired) electrons. The summed E-state index contributed by atoms with van der Waals surface area (Å²) in [6.45, 7) is 0. The highest BCUT2D eigenvalue weighted by molar-refractivity contribution is 5.97. The van der Waals surface area contributed by atoms with Crippen molar-refractivity contribution < 1.29 is 4.42 Å². The lowest BCUT2D eigenvalue weighted by molar-refractivity contribution is 0.621. The Balaban J connectivity index is 1.20. The van der Waals surface area contributed by atoms with E-state index in [1.807, 2.05) is 42.5 Å². The van der Waals surface area contributed by atoms with E-state index in [9.17, 15) is 0 Å². The molecular formula is C41H28N2O. The zero-order valence-electron chi connectivity index (χ0n) is 24.0. The van der Waals surface area contributed by atoms with E-state index in [4.69, 9.17) is 9.40 Å². The predicted octanol–water partition coefficient (Wildman–Crippen LogP) is 11.5. The van der Waals surface area contributed by atoms with E-state index in [0.717, 1.165) is 44.9 Å². The molecule has 7 aromatic carbocycles. The van der Waals surface area contributed by atoms with Crippen LogP contribution in [0.15, 0.2) is 174 Å². The number of hydrogen-bond acceptors (Lipinski definition) is 3. The Morgan fingerprint density at radius 2 is 1.05 bits per heavy atom. The molecule has 0 N–H and O–H groups in total. The first-order valence-electron chi connectivity index (χ1n) is 14.8. The largest absolute Gasteiger partial charge is 0.435 e. The van der Waals surface area contributed by atoms with Gasteiger partial charge in [0.2, 0.25) is 5.89 Å². The molecule has 0 amide bonds. The van der Waals surface area contributed by atoms with Gasteiger partial charge in [-0.2, -0.15) is 0 Å². The Morgan fingerprint density at radius 3 is 1.89 bits per heavy atom. The van der Waals surface area contributed by atoms with E-state index in [1.165, 1.54) is 21.9 Å². The Labute approximate surface area is 256 Å². The van der Waals surface area contributed by atoms with Gasteiger partial charge in [0.15, 0.2) is 5.58 Å². The number of aromatic nitrogens is 1. The van der Waals surface area contributed by atoms with Crippen LogP contribution in [-0.2, 0) is 0 Å². The number of rotatable bonds is 6. The van der Waals surface area contributed by atoms with Crippen LogP contribution in [0.4, 0.5) is 17.1 Å². The monoisotopic (exact) mass is 564 g/mol. The molecule has 8 rings (SSSR count). The van der Waals surface area contributed by atoms with Crippen molar-refractivity contribution in [1.82, 2.24) is 4.98 Å². The summed E-state index contributed by atoms with van der Waals surface area (Å²) >= 11 is 0. The number of para-hydroxylation sites is 2. The second-order valence-electron chi connectivity index (χ2n) is 10.8. The molecule has 0 bridgehead atoms. The van der Waals surface area contributed by atoms with Crippen molar-refractivity contribution in [3.05, 3.63) is 170 Å². The summed E-state index contributed by atoms with van der Waals surface area (Å²) in [6.07, 6.45) is 0. The molecule has 1 aromatic heterocycles. The maximum Gasteiger partial charge on any atom is 0.227 e. The van der Waals surface area contributed by atoms with Gasteiger partial charge >= 0.3 is 0 Å². The molecule has 0 spiro atoms. The van der Waals surface area contributed by atoms with E-state index in [-0.39, 0.29) is 0 Å². The Kier molecular flexibility index (Phi) is 6.47. The lowest BCUT2D eigenvalue weighted by Gasteiger charge is -2.26. The molecule has 0 saturated heterocycles. The Bertz CT molecular complexity index is 2210. The number of fused-ring (bicyclic) bond motifs is 2. The summed E-state index contributed by atoms with van der Waals surface area (Å²) in [4.78, 5) is 7.08. The average Bonchev–Trinajstić information content (AvgIpc) is 3.55. The van der Waals surface area contributed by atoms with Gasteiger partial charge in [-0.05, 0) is 82.1 Å². The summed E-state index contributed by atoms with van der Waals surface area (Å²) < 4.78 is 6.32. The van der Waals surface area contributed by atoms with Crippen molar-refractivity contribution >= 4 is 38.9 Å². The van der Waals surface area contributed by atoms with Gasteiger partial charge in [-0.3, -0.25) is 0 Å². The molecule has 0 aliphatic rings. The lowest BCUT2D eigenvalue weighted by Crippen LogP contribution is -2.09. The molecule has 0 atom stereocenters. The van der Waals surface area contributed by atoms with Gasteiger partial charge in [-0.25, -0.2) is 4.98 Å². The number of benzene rings is 7. The summed E-state index contributed by atoms with van der Waals surface area (Å²) in [5.74, 6) is 0.631. The zero-order valence-corrected chi connectivity index (χ0v) is 24.0. The summed E-state index contributed by atoms with van der Waals surface area (Å²) in [5.41, 5.74) is 10.4. The quantitative estimate of drug-likeness (QED) is 0.201. The first kappa shape index (κ1) is 25.8. The Morgan fingerprint density at radius 1 is 0.432 bits per heavy atom. The van der Waals surface area contributed by atoms with Gasteiger partial charge in [0.1, 0.15) is 5.52 Å². The van der Waals surface area contributed by atoms with Crippen molar-refractivity contribution in [3.8, 4) is 33.7 Å². The number of nitrogens with zero attached hydrogens (tertiary/aromatic N) is 2. The molecule has 1 heterocycles. The van der Waals surface area contributed by atoms with Crippen LogP contribution in [0.3, 0.4) is 0 Å². The van der Waals surface area contributed by atoms with Crippen molar-refractivity contribution in [1.29, 1.82) is 0 Å². The first-order chi connectivity index (χ1) is 21.8. The highest BCUT2D eigenvalue weighted by atomic mass is 16.3. The summed E-state index contributed by atoms with van der Waals surface area (Å²) in [7, 11) is 0. The fourth-order valence-corrected chi connectivity index (χ4v) is 5.98. The second-order valence-corrected chi connectivity index (χ2v) is 10.8. The zero-order chi connectivity index (χ0) is 29.3. The first-order valence-corrected chi connectivity index (χ1v) is 14.8. The third kappa shape index (κ3) is 4.71. The van der Waals surface area contributed by atoms with Crippen molar-refractivity contribution in [2.45, 2.75) is 0 Å². The molecule has 0 fully saturated rings. The van der Waals surface area contributed by atoms with Crippen molar-refractivity contribution in [2.24, 2.45) is 0 Å². The van der Waals surface area contributed by atoms with Crippen LogP contribution in [0, 0.1) is 0 Å². The minimum absolute atomic E-state index is 0.631. The van der Waals surface area contributed by atoms with Crippen LogP contribution in [0.5, 0.6) is 0 Å². The van der Waals surface area contributed by atoms with Gasteiger partial charge in [-0.15, -0.1) is 0 Å². The van der Waals surface area contributed by atoms with E-state index in [2.05, 4.69) is 132 Å². The summed E-state index contributed by atoms with van der Waals surface area (Å²) in [6, 6.07) is 59.3.